The lowest BCUT2D eigenvalue weighted by Gasteiger charge is -2.27. The van der Waals surface area contributed by atoms with E-state index in [-0.39, 0.29) is 17.4 Å². The number of hydrogen-bond acceptors (Lipinski definition) is 6. The maximum absolute atomic E-state index is 13.2. The monoisotopic (exact) mass is 433 g/mol. The molecular formula is C25H23NO6. The molecule has 164 valence electrons. The average molecular weight is 433 g/mol. The highest BCUT2D eigenvalue weighted by molar-refractivity contribution is 6.20. The second-order valence-corrected chi connectivity index (χ2v) is 7.58. The highest BCUT2D eigenvalue weighted by Crippen LogP contribution is 2.43. The van der Waals surface area contributed by atoms with Crippen molar-refractivity contribution >= 4 is 17.4 Å². The van der Waals surface area contributed by atoms with Crippen LogP contribution in [0.4, 0.5) is 5.69 Å². The predicted molar refractivity (Wildman–Crippen MR) is 118 cm³/mol. The smallest absolute Gasteiger partial charge is 0.294 e. The van der Waals surface area contributed by atoms with Gasteiger partial charge in [0.15, 0.2) is 11.5 Å². The lowest BCUT2D eigenvalue weighted by molar-refractivity contribution is -0.117. The molecular weight excluding hydrogens is 410 g/mol. The molecule has 0 spiro atoms. The fourth-order valence-corrected chi connectivity index (χ4v) is 3.72. The molecule has 1 unspecified atom stereocenters. The zero-order valence-corrected chi connectivity index (χ0v) is 17.9. The molecule has 1 amide bonds. The summed E-state index contributed by atoms with van der Waals surface area (Å²) < 4.78 is 16.3. The molecule has 3 aromatic rings. The largest absolute Gasteiger partial charge is 0.503 e. The highest BCUT2D eigenvalue weighted by atomic mass is 16.5. The van der Waals surface area contributed by atoms with Crippen molar-refractivity contribution in [2.45, 2.75) is 26.0 Å². The number of nitrogens with zero attached hydrogens (tertiary/aromatic N) is 1. The van der Waals surface area contributed by atoms with Crippen LogP contribution in [0.2, 0.25) is 0 Å². The van der Waals surface area contributed by atoms with E-state index in [2.05, 4.69) is 0 Å². The number of aliphatic hydroxyl groups excluding tert-OH is 1. The van der Waals surface area contributed by atoms with Gasteiger partial charge in [0.05, 0.1) is 31.1 Å². The van der Waals surface area contributed by atoms with Crippen LogP contribution in [-0.2, 0) is 4.79 Å². The second-order valence-electron chi connectivity index (χ2n) is 7.58. The summed E-state index contributed by atoms with van der Waals surface area (Å²) in [6.45, 7) is 3.85. The van der Waals surface area contributed by atoms with Crippen molar-refractivity contribution < 1.29 is 28.6 Å². The summed E-state index contributed by atoms with van der Waals surface area (Å²) >= 11 is 0. The summed E-state index contributed by atoms with van der Waals surface area (Å²) in [7, 11) is 1.53. The number of carbonyl (C=O) groups excluding carboxylic acids is 2. The Morgan fingerprint density at radius 3 is 2.44 bits per heavy atom. The molecule has 7 heteroatoms. The average Bonchev–Trinajstić information content (AvgIpc) is 3.41. The number of hydrogen-bond donors (Lipinski definition) is 1. The minimum Gasteiger partial charge on any atom is -0.503 e. The zero-order valence-electron chi connectivity index (χ0n) is 17.9. The lowest BCUT2D eigenvalue weighted by atomic mass is 9.94. The van der Waals surface area contributed by atoms with E-state index in [0.29, 0.717) is 22.7 Å². The standard InChI is InChI=1S/C25H23NO6/c1-15(2)32-18-11-9-16(10-12-18)22-21(23(27)20-8-5-13-31-20)24(28)25(29)26(22)17-6-4-7-19(14-17)30-3/h4-15,22,28H,1-3H3. The number of methoxy groups -OCH3 is 1. The van der Waals surface area contributed by atoms with Gasteiger partial charge in [-0.05, 0) is 55.8 Å². The number of rotatable bonds is 7. The molecule has 1 N–H and O–H groups in total. The van der Waals surface area contributed by atoms with Gasteiger partial charge in [0.2, 0.25) is 5.78 Å². The Bertz CT molecular complexity index is 1160. The first-order valence-electron chi connectivity index (χ1n) is 10.2. The summed E-state index contributed by atoms with van der Waals surface area (Å²) in [4.78, 5) is 27.8. The van der Waals surface area contributed by atoms with Crippen LogP contribution >= 0.6 is 0 Å². The molecule has 0 fully saturated rings. The summed E-state index contributed by atoms with van der Waals surface area (Å²) in [5.41, 5.74) is 1.07. The third-order valence-corrected chi connectivity index (χ3v) is 5.10. The number of benzene rings is 2. The highest BCUT2D eigenvalue weighted by Gasteiger charge is 2.45. The lowest BCUT2D eigenvalue weighted by Crippen LogP contribution is -2.31. The van der Waals surface area contributed by atoms with Crippen molar-refractivity contribution in [3.63, 3.8) is 0 Å². The number of Topliss-reactive ketones (excluding diaryl/α,β-unsaturated/α-hetero) is 1. The van der Waals surface area contributed by atoms with Crippen LogP contribution in [0.15, 0.2) is 82.7 Å². The summed E-state index contributed by atoms with van der Waals surface area (Å²) in [6.07, 6.45) is 1.37. The molecule has 0 radical (unpaired) electrons. The van der Waals surface area contributed by atoms with Gasteiger partial charge in [-0.25, -0.2) is 0 Å². The molecule has 4 rings (SSSR count). The van der Waals surface area contributed by atoms with Crippen molar-refractivity contribution in [1.29, 1.82) is 0 Å². The number of anilines is 1. The Kier molecular flexibility index (Phi) is 5.73. The normalized spacial score (nSPS) is 16.1. The van der Waals surface area contributed by atoms with E-state index in [1.54, 1.807) is 54.6 Å². The first-order chi connectivity index (χ1) is 15.4. The van der Waals surface area contributed by atoms with E-state index < -0.39 is 23.5 Å². The van der Waals surface area contributed by atoms with E-state index >= 15 is 0 Å². The number of ketones is 1. The van der Waals surface area contributed by atoms with E-state index in [9.17, 15) is 14.7 Å². The number of ether oxygens (including phenoxy) is 2. The molecule has 0 saturated heterocycles. The van der Waals surface area contributed by atoms with Gasteiger partial charge in [-0.1, -0.05) is 18.2 Å². The number of carbonyl (C=O) groups is 2. The van der Waals surface area contributed by atoms with Crippen LogP contribution in [0.1, 0.15) is 36.0 Å². The van der Waals surface area contributed by atoms with Crippen molar-refractivity contribution in [2.75, 3.05) is 12.0 Å². The van der Waals surface area contributed by atoms with E-state index in [4.69, 9.17) is 13.9 Å². The molecule has 32 heavy (non-hydrogen) atoms. The van der Waals surface area contributed by atoms with Gasteiger partial charge < -0.3 is 19.0 Å². The minimum atomic E-state index is -0.861. The van der Waals surface area contributed by atoms with Gasteiger partial charge in [0, 0.05) is 11.8 Å². The fraction of sp³-hybridized carbons (Fsp3) is 0.200. The van der Waals surface area contributed by atoms with Crippen molar-refractivity contribution in [1.82, 2.24) is 0 Å². The molecule has 2 heterocycles. The van der Waals surface area contributed by atoms with Crippen LogP contribution in [-0.4, -0.2) is 30.0 Å². The van der Waals surface area contributed by atoms with Crippen molar-refractivity contribution in [3.05, 3.63) is 89.6 Å². The fourth-order valence-electron chi connectivity index (χ4n) is 3.72. The molecule has 0 bridgehead atoms. The third-order valence-electron chi connectivity index (χ3n) is 5.10. The van der Waals surface area contributed by atoms with Crippen LogP contribution in [0.25, 0.3) is 0 Å². The van der Waals surface area contributed by atoms with Crippen molar-refractivity contribution in [2.24, 2.45) is 0 Å². The molecule has 1 aliphatic rings. The predicted octanol–water partition coefficient (Wildman–Crippen LogP) is 4.86. The van der Waals surface area contributed by atoms with E-state index in [0.717, 1.165) is 0 Å². The Hall–Kier alpha value is -4.00. The van der Waals surface area contributed by atoms with Gasteiger partial charge in [-0.3, -0.25) is 14.5 Å². The Morgan fingerprint density at radius 1 is 1.06 bits per heavy atom. The summed E-state index contributed by atoms with van der Waals surface area (Å²) in [5, 5.41) is 10.8. The Balaban J connectivity index is 1.83. The molecule has 7 nitrogen and oxygen atoms in total. The second kappa shape index (κ2) is 8.63. The number of furan rings is 1. The SMILES string of the molecule is COc1cccc(N2C(=O)C(O)=C(C(=O)c3ccco3)C2c2ccc(OC(C)C)cc2)c1. The van der Waals surface area contributed by atoms with Gasteiger partial charge in [0.1, 0.15) is 11.5 Å². The summed E-state index contributed by atoms with van der Waals surface area (Å²) in [5.74, 6) is -0.606. The summed E-state index contributed by atoms with van der Waals surface area (Å²) in [6, 6.07) is 16.2. The van der Waals surface area contributed by atoms with Crippen LogP contribution in [0.3, 0.4) is 0 Å². The van der Waals surface area contributed by atoms with Crippen molar-refractivity contribution in [3.8, 4) is 11.5 Å². The zero-order chi connectivity index (χ0) is 22.8. The third kappa shape index (κ3) is 3.85. The van der Waals surface area contributed by atoms with Gasteiger partial charge in [-0.2, -0.15) is 0 Å². The molecule has 1 aromatic heterocycles. The first kappa shape index (κ1) is 21.2. The Morgan fingerprint density at radius 2 is 1.81 bits per heavy atom. The van der Waals surface area contributed by atoms with Gasteiger partial charge >= 0.3 is 0 Å². The molecule has 0 aliphatic carbocycles. The molecule has 1 aliphatic heterocycles. The topological polar surface area (TPSA) is 89.2 Å². The quantitative estimate of drug-likeness (QED) is 0.536. The molecule has 0 saturated carbocycles. The first-order valence-corrected chi connectivity index (χ1v) is 10.2. The molecule has 2 aromatic carbocycles. The maximum Gasteiger partial charge on any atom is 0.294 e. The van der Waals surface area contributed by atoms with Gasteiger partial charge in [0.25, 0.3) is 5.91 Å². The van der Waals surface area contributed by atoms with Crippen LogP contribution < -0.4 is 14.4 Å². The number of amides is 1. The molecule has 1 atom stereocenters. The Labute approximate surface area is 185 Å². The van der Waals surface area contributed by atoms with Crippen LogP contribution in [0.5, 0.6) is 11.5 Å². The van der Waals surface area contributed by atoms with E-state index in [1.165, 1.54) is 24.3 Å². The maximum atomic E-state index is 13.2. The number of aliphatic hydroxyl groups is 1. The van der Waals surface area contributed by atoms with E-state index in [1.807, 2.05) is 13.8 Å². The van der Waals surface area contributed by atoms with Gasteiger partial charge in [-0.15, -0.1) is 0 Å². The van der Waals surface area contributed by atoms with Crippen LogP contribution in [0, 0.1) is 0 Å². The minimum absolute atomic E-state index is 0.00206.